The zero-order chi connectivity index (χ0) is 22.0. The number of morpholine rings is 1. The molecule has 1 aliphatic heterocycles. The first-order chi connectivity index (χ1) is 14.8. The van der Waals surface area contributed by atoms with E-state index in [0.717, 1.165) is 21.7 Å². The van der Waals surface area contributed by atoms with Gasteiger partial charge in [-0.15, -0.1) is 11.3 Å². The third-order valence-corrected chi connectivity index (χ3v) is 8.39. The van der Waals surface area contributed by atoms with Crippen LogP contribution in [0, 0.1) is 10.1 Å². The Balaban J connectivity index is 1.37. The molecule has 0 radical (unpaired) electrons. The molecule has 164 valence electrons. The maximum Gasteiger partial charge on any atom is 0.270 e. The van der Waals surface area contributed by atoms with Gasteiger partial charge in [0.05, 0.1) is 24.7 Å². The van der Waals surface area contributed by atoms with E-state index in [-0.39, 0.29) is 28.9 Å². The summed E-state index contributed by atoms with van der Waals surface area (Å²) in [6.07, 6.45) is 1.70. The summed E-state index contributed by atoms with van der Waals surface area (Å²) in [6, 6.07) is 9.46. The van der Waals surface area contributed by atoms with Crippen molar-refractivity contribution in [2.75, 3.05) is 26.3 Å². The van der Waals surface area contributed by atoms with Gasteiger partial charge in [-0.2, -0.15) is 4.31 Å². The van der Waals surface area contributed by atoms with Gasteiger partial charge in [0.25, 0.3) is 15.7 Å². The number of non-ortho nitro benzene ring substituents is 1. The lowest BCUT2D eigenvalue weighted by atomic mass is 10.2. The van der Waals surface area contributed by atoms with Crippen molar-refractivity contribution in [2.45, 2.75) is 17.3 Å². The van der Waals surface area contributed by atoms with Crippen molar-refractivity contribution in [3.05, 3.63) is 57.6 Å². The van der Waals surface area contributed by atoms with E-state index in [9.17, 15) is 23.3 Å². The molecule has 12 heteroatoms. The third-order valence-electron chi connectivity index (χ3n) is 4.94. The molecule has 1 saturated heterocycles. The Morgan fingerprint density at radius 3 is 2.71 bits per heavy atom. The molecule has 0 bridgehead atoms. The number of rotatable bonds is 7. The second-order valence-corrected chi connectivity index (χ2v) is 10.3. The van der Waals surface area contributed by atoms with Crippen molar-refractivity contribution in [2.24, 2.45) is 0 Å². The Labute approximate surface area is 182 Å². The van der Waals surface area contributed by atoms with Gasteiger partial charge in [-0.05, 0) is 24.3 Å². The van der Waals surface area contributed by atoms with Gasteiger partial charge in [0.15, 0.2) is 0 Å². The van der Waals surface area contributed by atoms with E-state index >= 15 is 0 Å². The molecular weight excluding hydrogens is 444 g/mol. The van der Waals surface area contributed by atoms with Crippen molar-refractivity contribution in [1.82, 2.24) is 14.2 Å². The molecule has 0 aliphatic carbocycles. The van der Waals surface area contributed by atoms with E-state index < -0.39 is 14.9 Å². The predicted octanol–water partition coefficient (Wildman–Crippen LogP) is 1.95. The fourth-order valence-corrected chi connectivity index (χ4v) is 6.20. The molecule has 0 spiro atoms. The number of carbonyl (C=O) groups excluding carboxylic acids is 1. The lowest BCUT2D eigenvalue weighted by Crippen LogP contribution is -2.40. The standard InChI is InChI=1S/C19H20N4O6S2/c24-18(13-21-6-5-14-11-15(23(25)26)1-3-17(14)21)20-12-16-2-4-19(30-16)31(27,28)22-7-9-29-10-8-22/h1-6,11H,7-10,12-13H2,(H,20,24). The number of amides is 1. The number of carbonyl (C=O) groups is 1. The molecular formula is C19H20N4O6S2. The Morgan fingerprint density at radius 2 is 1.97 bits per heavy atom. The van der Waals surface area contributed by atoms with Crippen LogP contribution in [-0.2, 0) is 32.6 Å². The molecule has 31 heavy (non-hydrogen) atoms. The van der Waals surface area contributed by atoms with Gasteiger partial charge in [0.1, 0.15) is 10.8 Å². The predicted molar refractivity (Wildman–Crippen MR) is 114 cm³/mol. The number of hydrogen-bond donors (Lipinski definition) is 1. The number of ether oxygens (including phenoxy) is 1. The monoisotopic (exact) mass is 464 g/mol. The average Bonchev–Trinajstić information content (AvgIpc) is 3.40. The van der Waals surface area contributed by atoms with E-state index in [0.29, 0.717) is 31.7 Å². The number of sulfonamides is 1. The van der Waals surface area contributed by atoms with Crippen molar-refractivity contribution in [3.8, 4) is 0 Å². The van der Waals surface area contributed by atoms with Crippen LogP contribution in [0.25, 0.3) is 10.9 Å². The van der Waals surface area contributed by atoms with Crippen LogP contribution in [0.3, 0.4) is 0 Å². The van der Waals surface area contributed by atoms with Gasteiger partial charge in [0.2, 0.25) is 5.91 Å². The summed E-state index contributed by atoms with van der Waals surface area (Å²) in [5, 5.41) is 14.4. The highest BCUT2D eigenvalue weighted by Crippen LogP contribution is 2.26. The minimum atomic E-state index is -3.55. The summed E-state index contributed by atoms with van der Waals surface area (Å²) in [7, 11) is -3.55. The number of nitro groups is 1. The fraction of sp³-hybridized carbons (Fsp3) is 0.316. The number of thiophene rings is 1. The molecule has 2 aromatic heterocycles. The van der Waals surface area contributed by atoms with E-state index in [1.54, 1.807) is 35.0 Å². The van der Waals surface area contributed by atoms with Crippen molar-refractivity contribution in [3.63, 3.8) is 0 Å². The zero-order valence-corrected chi connectivity index (χ0v) is 18.0. The highest BCUT2D eigenvalue weighted by atomic mass is 32.2. The number of fused-ring (bicyclic) bond motifs is 1. The Bertz CT molecular complexity index is 1230. The highest BCUT2D eigenvalue weighted by Gasteiger charge is 2.27. The number of hydrogen-bond acceptors (Lipinski definition) is 7. The largest absolute Gasteiger partial charge is 0.379 e. The summed E-state index contributed by atoms with van der Waals surface area (Å²) >= 11 is 1.13. The summed E-state index contributed by atoms with van der Waals surface area (Å²) in [5.74, 6) is -0.248. The number of nitro benzene ring substituents is 1. The van der Waals surface area contributed by atoms with Crippen LogP contribution in [0.1, 0.15) is 4.88 Å². The first kappa shape index (κ1) is 21.4. The molecule has 3 aromatic rings. The Morgan fingerprint density at radius 1 is 1.19 bits per heavy atom. The quantitative estimate of drug-likeness (QED) is 0.421. The molecule has 4 rings (SSSR count). The Kier molecular flexibility index (Phi) is 6.05. The van der Waals surface area contributed by atoms with Crippen LogP contribution in [0.2, 0.25) is 0 Å². The molecule has 3 heterocycles. The third kappa shape index (κ3) is 4.61. The molecule has 0 atom stereocenters. The number of nitrogens with zero attached hydrogens (tertiary/aromatic N) is 3. The first-order valence-electron chi connectivity index (χ1n) is 9.51. The molecule has 1 N–H and O–H groups in total. The van der Waals surface area contributed by atoms with Gasteiger partial charge in [0, 0.05) is 47.2 Å². The minimum absolute atomic E-state index is 0.00441. The molecule has 1 aromatic carbocycles. The molecule has 10 nitrogen and oxygen atoms in total. The van der Waals surface area contributed by atoms with E-state index in [1.165, 1.54) is 16.4 Å². The maximum absolute atomic E-state index is 12.7. The molecule has 1 aliphatic rings. The van der Waals surface area contributed by atoms with Crippen molar-refractivity contribution >= 4 is 43.9 Å². The number of nitrogens with one attached hydrogen (secondary N) is 1. The molecule has 0 unspecified atom stereocenters. The van der Waals surface area contributed by atoms with E-state index in [1.807, 2.05) is 0 Å². The number of benzene rings is 1. The first-order valence-corrected chi connectivity index (χ1v) is 11.8. The van der Waals surface area contributed by atoms with Crippen LogP contribution in [0.15, 0.2) is 46.8 Å². The van der Waals surface area contributed by atoms with E-state index in [4.69, 9.17) is 4.74 Å². The summed E-state index contributed by atoms with van der Waals surface area (Å²) in [6.45, 7) is 1.70. The zero-order valence-electron chi connectivity index (χ0n) is 16.4. The van der Waals surface area contributed by atoms with Crippen molar-refractivity contribution in [1.29, 1.82) is 0 Å². The van der Waals surface area contributed by atoms with Gasteiger partial charge in [-0.25, -0.2) is 8.42 Å². The SMILES string of the molecule is O=C(Cn1ccc2cc([N+](=O)[O-])ccc21)NCc1ccc(S(=O)(=O)N2CCOCC2)s1. The minimum Gasteiger partial charge on any atom is -0.379 e. The number of aromatic nitrogens is 1. The van der Waals surface area contributed by atoms with Crippen LogP contribution >= 0.6 is 11.3 Å². The molecule has 1 amide bonds. The molecule has 1 fully saturated rings. The van der Waals surface area contributed by atoms with Gasteiger partial charge in [-0.1, -0.05) is 0 Å². The average molecular weight is 465 g/mol. The smallest absolute Gasteiger partial charge is 0.270 e. The highest BCUT2D eigenvalue weighted by molar-refractivity contribution is 7.91. The Hall–Kier alpha value is -2.80. The van der Waals surface area contributed by atoms with Crippen molar-refractivity contribution < 1.29 is 22.9 Å². The second-order valence-electron chi connectivity index (χ2n) is 6.96. The normalized spacial score (nSPS) is 15.2. The van der Waals surface area contributed by atoms with Gasteiger partial charge >= 0.3 is 0 Å². The van der Waals surface area contributed by atoms with Gasteiger partial charge in [-0.3, -0.25) is 14.9 Å². The molecule has 0 saturated carbocycles. The lowest BCUT2D eigenvalue weighted by Gasteiger charge is -2.25. The van der Waals surface area contributed by atoms with Gasteiger partial charge < -0.3 is 14.6 Å². The maximum atomic E-state index is 12.7. The lowest BCUT2D eigenvalue weighted by molar-refractivity contribution is -0.384. The van der Waals surface area contributed by atoms with Crippen LogP contribution in [-0.4, -0.2) is 54.4 Å². The topological polar surface area (TPSA) is 124 Å². The van der Waals surface area contributed by atoms with Crippen LogP contribution < -0.4 is 5.32 Å². The summed E-state index contributed by atoms with van der Waals surface area (Å²) < 4.78 is 33.9. The summed E-state index contributed by atoms with van der Waals surface area (Å²) in [4.78, 5) is 23.5. The van der Waals surface area contributed by atoms with E-state index in [2.05, 4.69) is 5.32 Å². The summed E-state index contributed by atoms with van der Waals surface area (Å²) in [5.41, 5.74) is 0.714. The fourth-order valence-electron chi connectivity index (χ4n) is 3.34. The van der Waals surface area contributed by atoms with Crippen LogP contribution in [0.5, 0.6) is 0 Å². The van der Waals surface area contributed by atoms with Crippen LogP contribution in [0.4, 0.5) is 5.69 Å². The second kappa shape index (κ2) is 8.75.